The van der Waals surface area contributed by atoms with E-state index in [1.807, 2.05) is 0 Å². The number of likely N-dealkylation sites (tertiary alicyclic amines) is 1. The van der Waals surface area contributed by atoms with Crippen LogP contribution in [0.15, 0.2) is 0 Å². The minimum Gasteiger partial charge on any atom is -0.378 e. The van der Waals surface area contributed by atoms with E-state index in [0.29, 0.717) is 12.1 Å². The first-order valence-electron chi connectivity index (χ1n) is 9.53. The number of ether oxygens (including phenoxy) is 2. The highest BCUT2D eigenvalue weighted by Gasteiger charge is 2.36. The van der Waals surface area contributed by atoms with Crippen LogP contribution < -0.4 is 4.90 Å². The van der Waals surface area contributed by atoms with Gasteiger partial charge in [0, 0.05) is 57.9 Å². The number of rotatable bonds is 3. The summed E-state index contributed by atoms with van der Waals surface area (Å²) in [6.07, 6.45) is 1.53. The first kappa shape index (κ1) is 17.3. The van der Waals surface area contributed by atoms with Gasteiger partial charge in [0.2, 0.25) is 0 Å². The third-order valence-electron chi connectivity index (χ3n) is 5.95. The van der Waals surface area contributed by atoms with Crippen molar-refractivity contribution in [3.8, 4) is 0 Å². The standard InChI is InChI=1S/C18H31N5O2/c1-14-15(18(21(3)19-14)23-7-9-24-10-8-23)12-22-5-4-17-16(13-22)20(2)6-11-25-17/h16-17H,4-13H2,1-3H3. The minimum atomic E-state index is 0.406. The maximum atomic E-state index is 5.99. The Morgan fingerprint density at radius 2 is 1.88 bits per heavy atom. The number of aryl methyl sites for hydroxylation is 2. The zero-order valence-electron chi connectivity index (χ0n) is 15.8. The van der Waals surface area contributed by atoms with Crippen LogP contribution in [0.3, 0.4) is 0 Å². The van der Waals surface area contributed by atoms with E-state index >= 15 is 0 Å². The zero-order valence-corrected chi connectivity index (χ0v) is 15.8. The van der Waals surface area contributed by atoms with Gasteiger partial charge in [0.1, 0.15) is 5.82 Å². The van der Waals surface area contributed by atoms with Gasteiger partial charge >= 0.3 is 0 Å². The molecule has 4 rings (SSSR count). The summed E-state index contributed by atoms with van der Waals surface area (Å²) in [5.41, 5.74) is 2.53. The molecule has 0 radical (unpaired) electrons. The summed E-state index contributed by atoms with van der Waals surface area (Å²) in [5.74, 6) is 1.27. The normalized spacial score (nSPS) is 29.0. The molecule has 7 heteroatoms. The van der Waals surface area contributed by atoms with Crippen LogP contribution >= 0.6 is 0 Å². The SMILES string of the molecule is Cc1nn(C)c(N2CCOCC2)c1CN1CCC2OCCN(C)C2C1. The zero-order chi connectivity index (χ0) is 17.4. The molecule has 0 aromatic carbocycles. The van der Waals surface area contributed by atoms with Crippen molar-refractivity contribution >= 4 is 5.82 Å². The molecule has 3 aliphatic rings. The van der Waals surface area contributed by atoms with Crippen LogP contribution in [0.25, 0.3) is 0 Å². The van der Waals surface area contributed by atoms with Crippen molar-refractivity contribution < 1.29 is 9.47 Å². The topological polar surface area (TPSA) is 46.0 Å². The maximum Gasteiger partial charge on any atom is 0.131 e. The summed E-state index contributed by atoms with van der Waals surface area (Å²) in [4.78, 5) is 7.49. The lowest BCUT2D eigenvalue weighted by Gasteiger charge is -2.45. The molecule has 0 saturated carbocycles. The number of nitrogens with zero attached hydrogens (tertiary/aromatic N) is 5. The molecule has 2 unspecified atom stereocenters. The highest BCUT2D eigenvalue weighted by Crippen LogP contribution is 2.28. The molecule has 25 heavy (non-hydrogen) atoms. The lowest BCUT2D eigenvalue weighted by molar-refractivity contribution is -0.0956. The first-order valence-corrected chi connectivity index (χ1v) is 9.53. The largest absolute Gasteiger partial charge is 0.378 e. The second-order valence-corrected chi connectivity index (χ2v) is 7.59. The van der Waals surface area contributed by atoms with Gasteiger partial charge in [-0.15, -0.1) is 0 Å². The van der Waals surface area contributed by atoms with E-state index in [9.17, 15) is 0 Å². The molecule has 2 atom stereocenters. The van der Waals surface area contributed by atoms with Crippen LogP contribution in [0.4, 0.5) is 5.82 Å². The molecule has 3 saturated heterocycles. The molecule has 3 aliphatic heterocycles. The molecule has 0 bridgehead atoms. The summed E-state index contributed by atoms with van der Waals surface area (Å²) < 4.78 is 13.6. The summed E-state index contributed by atoms with van der Waals surface area (Å²) in [5, 5.41) is 4.72. The van der Waals surface area contributed by atoms with Gasteiger partial charge in [0.15, 0.2) is 0 Å². The van der Waals surface area contributed by atoms with Crippen LogP contribution in [0.1, 0.15) is 17.7 Å². The van der Waals surface area contributed by atoms with Crippen molar-refractivity contribution in [1.29, 1.82) is 0 Å². The number of aromatic nitrogens is 2. The van der Waals surface area contributed by atoms with Gasteiger partial charge in [0.05, 0.1) is 31.6 Å². The van der Waals surface area contributed by atoms with Gasteiger partial charge in [0.25, 0.3) is 0 Å². The average molecular weight is 349 g/mol. The fourth-order valence-electron chi connectivity index (χ4n) is 4.52. The summed E-state index contributed by atoms with van der Waals surface area (Å²) >= 11 is 0. The summed E-state index contributed by atoms with van der Waals surface area (Å²) in [7, 11) is 4.30. The third-order valence-corrected chi connectivity index (χ3v) is 5.95. The quantitative estimate of drug-likeness (QED) is 0.791. The number of hydrogen-bond acceptors (Lipinski definition) is 6. The van der Waals surface area contributed by atoms with Crippen LogP contribution in [0.5, 0.6) is 0 Å². The van der Waals surface area contributed by atoms with Crippen molar-refractivity contribution in [3.05, 3.63) is 11.3 Å². The Balaban J connectivity index is 1.50. The number of likely N-dealkylation sites (N-methyl/N-ethyl adjacent to an activating group) is 1. The van der Waals surface area contributed by atoms with Crippen LogP contribution in [-0.4, -0.2) is 91.3 Å². The number of anilines is 1. The lowest BCUT2D eigenvalue weighted by Crippen LogP contribution is -2.58. The monoisotopic (exact) mass is 349 g/mol. The second kappa shape index (κ2) is 7.23. The Morgan fingerprint density at radius 1 is 1.08 bits per heavy atom. The Morgan fingerprint density at radius 3 is 2.68 bits per heavy atom. The lowest BCUT2D eigenvalue weighted by atomic mass is 9.98. The van der Waals surface area contributed by atoms with E-state index in [0.717, 1.165) is 71.2 Å². The Bertz CT molecular complexity index is 599. The van der Waals surface area contributed by atoms with Crippen molar-refractivity contribution in [1.82, 2.24) is 19.6 Å². The minimum absolute atomic E-state index is 0.406. The van der Waals surface area contributed by atoms with E-state index in [2.05, 4.69) is 40.4 Å². The maximum absolute atomic E-state index is 5.99. The highest BCUT2D eigenvalue weighted by atomic mass is 16.5. The molecule has 3 fully saturated rings. The van der Waals surface area contributed by atoms with Crippen molar-refractivity contribution in [2.75, 3.05) is 64.5 Å². The third kappa shape index (κ3) is 3.43. The van der Waals surface area contributed by atoms with E-state index in [1.165, 1.54) is 11.4 Å². The van der Waals surface area contributed by atoms with Crippen LogP contribution in [-0.2, 0) is 23.1 Å². The molecule has 0 aliphatic carbocycles. The van der Waals surface area contributed by atoms with Gasteiger partial charge in [-0.3, -0.25) is 14.5 Å². The van der Waals surface area contributed by atoms with Gasteiger partial charge in [-0.25, -0.2) is 0 Å². The number of morpholine rings is 2. The molecule has 4 heterocycles. The molecular formula is C18H31N5O2. The molecule has 0 N–H and O–H groups in total. The molecule has 7 nitrogen and oxygen atoms in total. The van der Waals surface area contributed by atoms with Gasteiger partial charge < -0.3 is 14.4 Å². The number of fused-ring (bicyclic) bond motifs is 1. The molecule has 1 aromatic heterocycles. The number of piperidine rings is 1. The van der Waals surface area contributed by atoms with Gasteiger partial charge in [-0.1, -0.05) is 0 Å². The second-order valence-electron chi connectivity index (χ2n) is 7.59. The highest BCUT2D eigenvalue weighted by molar-refractivity contribution is 5.50. The van der Waals surface area contributed by atoms with Crippen molar-refractivity contribution in [2.24, 2.45) is 7.05 Å². The van der Waals surface area contributed by atoms with Crippen molar-refractivity contribution in [2.45, 2.75) is 32.0 Å². The Hall–Kier alpha value is -1.15. The average Bonchev–Trinajstić information content (AvgIpc) is 2.90. The molecular weight excluding hydrogens is 318 g/mol. The predicted octanol–water partition coefficient (Wildman–Crippen LogP) is 0.470. The molecule has 0 spiro atoms. The van der Waals surface area contributed by atoms with E-state index in [4.69, 9.17) is 14.6 Å². The summed E-state index contributed by atoms with van der Waals surface area (Å²) in [6.45, 7) is 10.7. The van der Waals surface area contributed by atoms with E-state index in [1.54, 1.807) is 0 Å². The number of hydrogen-bond donors (Lipinski definition) is 0. The van der Waals surface area contributed by atoms with Crippen LogP contribution in [0, 0.1) is 6.92 Å². The first-order chi connectivity index (χ1) is 12.1. The van der Waals surface area contributed by atoms with Crippen molar-refractivity contribution in [3.63, 3.8) is 0 Å². The summed E-state index contributed by atoms with van der Waals surface area (Å²) in [6, 6.07) is 0.520. The predicted molar refractivity (Wildman–Crippen MR) is 97.0 cm³/mol. The Kier molecular flexibility index (Phi) is 4.99. The fourth-order valence-corrected chi connectivity index (χ4v) is 4.52. The molecule has 0 amide bonds. The van der Waals surface area contributed by atoms with Crippen LogP contribution in [0.2, 0.25) is 0 Å². The van der Waals surface area contributed by atoms with Gasteiger partial charge in [-0.05, 0) is 20.4 Å². The molecule has 1 aromatic rings. The van der Waals surface area contributed by atoms with E-state index < -0.39 is 0 Å². The van der Waals surface area contributed by atoms with Gasteiger partial charge in [-0.2, -0.15) is 5.10 Å². The smallest absolute Gasteiger partial charge is 0.131 e. The fraction of sp³-hybridized carbons (Fsp3) is 0.833. The van der Waals surface area contributed by atoms with E-state index in [-0.39, 0.29) is 0 Å². The molecule has 140 valence electrons. The Labute approximate surface area is 150 Å².